The Morgan fingerprint density at radius 3 is 2.39 bits per heavy atom. The molecule has 0 saturated carbocycles. The Balaban J connectivity index is 3.90. The molecule has 0 spiro atoms. The maximum absolute atomic E-state index is 10.6. The number of hydrogen-bond acceptors (Lipinski definition) is 4. The fourth-order valence-corrected chi connectivity index (χ4v) is 1.83. The van der Waals surface area contributed by atoms with Crippen molar-refractivity contribution in [3.63, 3.8) is 0 Å². The lowest BCUT2D eigenvalue weighted by atomic mass is 10.3. The van der Waals surface area contributed by atoms with Gasteiger partial charge in [-0.3, -0.25) is 4.55 Å². The van der Waals surface area contributed by atoms with Crippen LogP contribution in [0.2, 0.25) is 0 Å². The van der Waals surface area contributed by atoms with E-state index in [2.05, 4.69) is 6.58 Å². The zero-order chi connectivity index (χ0) is 14.4. The van der Waals surface area contributed by atoms with E-state index in [9.17, 15) is 13.5 Å². The van der Waals surface area contributed by atoms with Crippen molar-refractivity contribution >= 4 is 10.1 Å². The molecule has 0 heterocycles. The van der Waals surface area contributed by atoms with Crippen molar-refractivity contribution < 1.29 is 27.3 Å². The highest BCUT2D eigenvalue weighted by Gasteiger charge is 2.17. The molecular formula is C11H24NO5S+. The average Bonchev–Trinajstić information content (AvgIpc) is 2.14. The standard InChI is InChI=1S/C11H23NO5S/c1-10(2)11(13)17-8-7-12(3,4)6-5-9-18(14,15)16/h11,13H,1,5-9H2,2-4H3/p+1. The maximum atomic E-state index is 10.6. The average molecular weight is 282 g/mol. The van der Waals surface area contributed by atoms with Crippen molar-refractivity contribution in [2.24, 2.45) is 0 Å². The predicted octanol–water partition coefficient (Wildman–Crippen LogP) is 0.252. The highest BCUT2D eigenvalue weighted by atomic mass is 32.2. The summed E-state index contributed by atoms with van der Waals surface area (Å²) in [5.74, 6) is -0.232. The Labute approximate surface area is 109 Å². The molecule has 1 atom stereocenters. The van der Waals surface area contributed by atoms with Crippen molar-refractivity contribution in [2.75, 3.05) is 39.5 Å². The molecule has 7 heteroatoms. The summed E-state index contributed by atoms with van der Waals surface area (Å²) in [6.07, 6.45) is -0.572. The van der Waals surface area contributed by atoms with E-state index in [4.69, 9.17) is 9.29 Å². The molecule has 1 unspecified atom stereocenters. The van der Waals surface area contributed by atoms with Crippen molar-refractivity contribution in [1.29, 1.82) is 0 Å². The molecule has 0 fully saturated rings. The van der Waals surface area contributed by atoms with E-state index in [1.54, 1.807) is 6.92 Å². The lowest BCUT2D eigenvalue weighted by Gasteiger charge is -2.30. The van der Waals surface area contributed by atoms with Gasteiger partial charge in [0.15, 0.2) is 6.29 Å². The molecule has 6 nitrogen and oxygen atoms in total. The minimum atomic E-state index is -3.88. The number of rotatable bonds is 9. The summed E-state index contributed by atoms with van der Waals surface area (Å²) in [6, 6.07) is 0. The van der Waals surface area contributed by atoms with Crippen LogP contribution < -0.4 is 0 Å². The number of ether oxygens (including phenoxy) is 1. The van der Waals surface area contributed by atoms with Crippen LogP contribution in [0.3, 0.4) is 0 Å². The van der Waals surface area contributed by atoms with Gasteiger partial charge >= 0.3 is 0 Å². The van der Waals surface area contributed by atoms with Crippen LogP contribution in [0.15, 0.2) is 12.2 Å². The Morgan fingerprint density at radius 1 is 1.39 bits per heavy atom. The van der Waals surface area contributed by atoms with Crippen LogP contribution in [0, 0.1) is 0 Å². The molecule has 0 radical (unpaired) electrons. The minimum Gasteiger partial charge on any atom is -0.364 e. The third-order valence-corrected chi connectivity index (χ3v) is 3.36. The molecule has 0 saturated heterocycles. The first kappa shape index (κ1) is 17.5. The van der Waals surface area contributed by atoms with Crippen molar-refractivity contribution in [2.45, 2.75) is 19.6 Å². The second kappa shape index (κ2) is 7.20. The smallest absolute Gasteiger partial charge is 0.265 e. The number of hydrogen-bond donors (Lipinski definition) is 2. The summed E-state index contributed by atoms with van der Waals surface area (Å²) in [5.41, 5.74) is 0.548. The minimum absolute atomic E-state index is 0.232. The zero-order valence-electron chi connectivity index (χ0n) is 11.3. The van der Waals surface area contributed by atoms with E-state index in [1.807, 2.05) is 14.1 Å². The first-order chi connectivity index (χ1) is 8.03. The molecule has 0 aromatic carbocycles. The van der Waals surface area contributed by atoms with E-state index >= 15 is 0 Å². The van der Waals surface area contributed by atoms with E-state index in [0.717, 1.165) is 0 Å². The van der Waals surface area contributed by atoms with Crippen LogP contribution >= 0.6 is 0 Å². The summed E-state index contributed by atoms with van der Waals surface area (Å²) >= 11 is 0. The Kier molecular flexibility index (Phi) is 7.01. The second-order valence-electron chi connectivity index (χ2n) is 5.09. The van der Waals surface area contributed by atoms with Gasteiger partial charge in [0.05, 0.1) is 33.0 Å². The van der Waals surface area contributed by atoms with Gasteiger partial charge in [-0.15, -0.1) is 0 Å². The van der Waals surface area contributed by atoms with Crippen LogP contribution in [0.25, 0.3) is 0 Å². The van der Waals surface area contributed by atoms with Gasteiger partial charge in [0.1, 0.15) is 6.54 Å². The monoisotopic (exact) mass is 282 g/mol. The molecule has 0 aliphatic heterocycles. The van der Waals surface area contributed by atoms with Gasteiger partial charge in [-0.1, -0.05) is 6.58 Å². The third-order valence-electron chi connectivity index (χ3n) is 2.56. The van der Waals surface area contributed by atoms with E-state index in [1.165, 1.54) is 0 Å². The normalized spacial score (nSPS) is 14.5. The summed E-state index contributed by atoms with van der Waals surface area (Å²) < 4.78 is 35.5. The fourth-order valence-electron chi connectivity index (χ4n) is 1.34. The largest absolute Gasteiger partial charge is 0.364 e. The van der Waals surface area contributed by atoms with Gasteiger partial charge in [0, 0.05) is 6.42 Å². The maximum Gasteiger partial charge on any atom is 0.265 e. The Hall–Kier alpha value is -0.470. The molecule has 108 valence electrons. The molecule has 2 N–H and O–H groups in total. The zero-order valence-corrected chi connectivity index (χ0v) is 12.1. The van der Waals surface area contributed by atoms with Crippen LogP contribution in [-0.4, -0.2) is 68.4 Å². The lowest BCUT2D eigenvalue weighted by Crippen LogP contribution is -2.44. The summed E-state index contributed by atoms with van der Waals surface area (Å²) in [7, 11) is -0.0225. The van der Waals surface area contributed by atoms with Gasteiger partial charge < -0.3 is 14.3 Å². The Bertz CT molecular complexity index is 364. The quantitative estimate of drug-likeness (QED) is 0.274. The van der Waals surface area contributed by atoms with Gasteiger partial charge in [-0.2, -0.15) is 8.42 Å². The lowest BCUT2D eigenvalue weighted by molar-refractivity contribution is -0.890. The molecule has 0 aliphatic carbocycles. The van der Waals surface area contributed by atoms with Crippen LogP contribution in [0.4, 0.5) is 0 Å². The van der Waals surface area contributed by atoms with Gasteiger partial charge in [0.2, 0.25) is 0 Å². The van der Waals surface area contributed by atoms with Crippen LogP contribution in [-0.2, 0) is 14.9 Å². The fraction of sp³-hybridized carbons (Fsp3) is 0.818. The van der Waals surface area contributed by atoms with Crippen LogP contribution in [0.1, 0.15) is 13.3 Å². The second-order valence-corrected chi connectivity index (χ2v) is 6.66. The number of quaternary nitrogens is 1. The van der Waals surface area contributed by atoms with E-state index < -0.39 is 16.4 Å². The van der Waals surface area contributed by atoms with Gasteiger partial charge in [0.25, 0.3) is 10.1 Å². The van der Waals surface area contributed by atoms with Crippen molar-refractivity contribution in [3.05, 3.63) is 12.2 Å². The third kappa shape index (κ3) is 9.55. The topological polar surface area (TPSA) is 83.8 Å². The first-order valence-corrected chi connectivity index (χ1v) is 7.37. The van der Waals surface area contributed by atoms with E-state index in [-0.39, 0.29) is 5.75 Å². The number of likely N-dealkylation sites (N-methyl/N-ethyl adjacent to an activating group) is 1. The SMILES string of the molecule is C=C(C)C(O)OCC[N+](C)(C)CCCS(=O)(=O)O. The molecule has 0 aliphatic rings. The molecule has 0 rings (SSSR count). The summed E-state index contributed by atoms with van der Waals surface area (Å²) in [5, 5.41) is 9.36. The van der Waals surface area contributed by atoms with E-state index in [0.29, 0.717) is 36.2 Å². The first-order valence-electron chi connectivity index (χ1n) is 5.76. The number of aliphatic hydroxyl groups is 1. The van der Waals surface area contributed by atoms with Crippen molar-refractivity contribution in [3.8, 4) is 0 Å². The predicted molar refractivity (Wildman–Crippen MR) is 69.6 cm³/mol. The number of nitrogens with zero attached hydrogens (tertiary/aromatic N) is 1. The molecule has 0 aromatic rings. The Morgan fingerprint density at radius 2 is 1.94 bits per heavy atom. The molecule has 18 heavy (non-hydrogen) atoms. The molecule has 0 aromatic heterocycles. The van der Waals surface area contributed by atoms with Gasteiger partial charge in [-0.05, 0) is 12.5 Å². The molecule has 0 amide bonds. The molecule has 0 bridgehead atoms. The van der Waals surface area contributed by atoms with Crippen molar-refractivity contribution in [1.82, 2.24) is 0 Å². The highest BCUT2D eigenvalue weighted by molar-refractivity contribution is 7.85. The summed E-state index contributed by atoms with van der Waals surface area (Å²) in [4.78, 5) is 0. The summed E-state index contributed by atoms with van der Waals surface area (Å²) in [6.45, 7) is 6.84. The molecular weight excluding hydrogens is 258 g/mol. The highest BCUT2D eigenvalue weighted by Crippen LogP contribution is 2.04. The number of aliphatic hydroxyl groups excluding tert-OH is 1. The van der Waals surface area contributed by atoms with Gasteiger partial charge in [-0.25, -0.2) is 0 Å². The van der Waals surface area contributed by atoms with Crippen LogP contribution in [0.5, 0.6) is 0 Å².